The second-order valence-electron chi connectivity index (χ2n) is 8.24. The highest BCUT2D eigenvalue weighted by molar-refractivity contribution is 6.30. The lowest BCUT2D eigenvalue weighted by atomic mass is 9.91. The summed E-state index contributed by atoms with van der Waals surface area (Å²) < 4.78 is 16.8. The average molecular weight is 463 g/mol. The molecule has 1 atom stereocenters. The Morgan fingerprint density at radius 3 is 2.58 bits per heavy atom. The van der Waals surface area contributed by atoms with Gasteiger partial charge in [0.1, 0.15) is 11.5 Å². The van der Waals surface area contributed by atoms with Crippen LogP contribution in [-0.2, 0) is 4.79 Å². The van der Waals surface area contributed by atoms with Crippen molar-refractivity contribution in [3.63, 3.8) is 0 Å². The predicted molar refractivity (Wildman–Crippen MR) is 128 cm³/mol. The third kappa shape index (κ3) is 4.44. The first-order valence-electron chi connectivity index (χ1n) is 11.0. The van der Waals surface area contributed by atoms with E-state index in [1.807, 2.05) is 64.0 Å². The van der Waals surface area contributed by atoms with Gasteiger partial charge >= 0.3 is 0 Å². The summed E-state index contributed by atoms with van der Waals surface area (Å²) >= 11 is 6.13. The van der Waals surface area contributed by atoms with Crippen LogP contribution in [0.25, 0.3) is 5.65 Å². The Balaban J connectivity index is 1.36. The number of anilines is 1. The van der Waals surface area contributed by atoms with Crippen LogP contribution in [0.5, 0.6) is 0 Å². The van der Waals surface area contributed by atoms with E-state index in [9.17, 15) is 9.18 Å². The number of hydrogen-bond acceptors (Lipinski definition) is 3. The predicted octanol–water partition coefficient (Wildman–Crippen LogP) is 5.00. The van der Waals surface area contributed by atoms with Crippen LogP contribution >= 0.6 is 11.6 Å². The van der Waals surface area contributed by atoms with Crippen LogP contribution in [0.1, 0.15) is 23.6 Å². The Morgan fingerprint density at radius 2 is 1.79 bits per heavy atom. The molecule has 1 aliphatic heterocycles. The fourth-order valence-corrected chi connectivity index (χ4v) is 4.72. The highest BCUT2D eigenvalue weighted by Crippen LogP contribution is 2.31. The van der Waals surface area contributed by atoms with Crippen molar-refractivity contribution in [2.75, 3.05) is 31.1 Å². The standard InChI is InChI=1S/C26H24ClFN4O/c27-19-6-5-7-20(16-19)30-12-14-31(15-13-30)26(33)17-22(21-8-1-2-9-23(21)28)24-18-29-25-10-3-4-11-32(24)25/h1-11,16,18,22H,12-15,17H2. The zero-order valence-electron chi connectivity index (χ0n) is 18.1. The first kappa shape index (κ1) is 21.5. The summed E-state index contributed by atoms with van der Waals surface area (Å²) in [5, 5.41) is 0.701. The molecule has 1 aliphatic rings. The van der Waals surface area contributed by atoms with Crippen molar-refractivity contribution >= 4 is 28.8 Å². The molecule has 0 spiro atoms. The maximum absolute atomic E-state index is 14.8. The topological polar surface area (TPSA) is 40.9 Å². The molecule has 5 nitrogen and oxygen atoms in total. The highest BCUT2D eigenvalue weighted by Gasteiger charge is 2.28. The summed E-state index contributed by atoms with van der Waals surface area (Å²) in [6.07, 6.45) is 3.83. The van der Waals surface area contributed by atoms with Crippen LogP contribution in [0.3, 0.4) is 0 Å². The molecule has 2 aromatic heterocycles. The minimum absolute atomic E-state index is 0.0138. The average Bonchev–Trinajstić information content (AvgIpc) is 3.27. The minimum atomic E-state index is -0.429. The quantitative estimate of drug-likeness (QED) is 0.419. The second kappa shape index (κ2) is 9.24. The Morgan fingerprint density at radius 1 is 1.00 bits per heavy atom. The van der Waals surface area contributed by atoms with E-state index < -0.39 is 5.92 Å². The number of amides is 1. The molecule has 1 amide bonds. The lowest BCUT2D eigenvalue weighted by molar-refractivity contribution is -0.131. The van der Waals surface area contributed by atoms with Crippen molar-refractivity contribution in [2.45, 2.75) is 12.3 Å². The monoisotopic (exact) mass is 462 g/mol. The van der Waals surface area contributed by atoms with Crippen LogP contribution in [-0.4, -0.2) is 46.4 Å². The van der Waals surface area contributed by atoms with Gasteiger partial charge in [0.25, 0.3) is 0 Å². The number of nitrogens with zero attached hydrogens (tertiary/aromatic N) is 4. The Labute approximate surface area is 197 Å². The van der Waals surface area contributed by atoms with Crippen molar-refractivity contribution < 1.29 is 9.18 Å². The molecular formula is C26H24ClFN4O. The van der Waals surface area contributed by atoms with Gasteiger partial charge in [-0.2, -0.15) is 0 Å². The molecular weight excluding hydrogens is 439 g/mol. The van der Waals surface area contributed by atoms with Crippen LogP contribution in [0, 0.1) is 5.82 Å². The van der Waals surface area contributed by atoms with Gasteiger partial charge < -0.3 is 14.2 Å². The van der Waals surface area contributed by atoms with Crippen molar-refractivity contribution in [2.24, 2.45) is 0 Å². The van der Waals surface area contributed by atoms with Gasteiger partial charge in [-0.25, -0.2) is 9.37 Å². The molecule has 33 heavy (non-hydrogen) atoms. The largest absolute Gasteiger partial charge is 0.368 e. The van der Waals surface area contributed by atoms with E-state index in [-0.39, 0.29) is 18.1 Å². The zero-order chi connectivity index (χ0) is 22.8. The molecule has 5 rings (SSSR count). The number of benzene rings is 2. The van der Waals surface area contributed by atoms with Crippen LogP contribution in [0.15, 0.2) is 79.1 Å². The Bertz CT molecular complexity index is 1280. The molecule has 0 radical (unpaired) electrons. The number of halogens is 2. The molecule has 1 fully saturated rings. The Hall–Kier alpha value is -3.38. The SMILES string of the molecule is O=C(CC(c1ccccc1F)c1cnc2ccccn12)N1CCN(c2cccc(Cl)c2)CC1. The van der Waals surface area contributed by atoms with E-state index in [1.54, 1.807) is 18.3 Å². The molecule has 168 valence electrons. The summed E-state index contributed by atoms with van der Waals surface area (Å²) in [5.41, 5.74) is 3.15. The van der Waals surface area contributed by atoms with E-state index in [4.69, 9.17) is 11.6 Å². The van der Waals surface area contributed by atoms with Gasteiger partial charge in [-0.1, -0.05) is 41.9 Å². The van der Waals surface area contributed by atoms with E-state index in [0.717, 1.165) is 30.1 Å². The Kier molecular flexibility index (Phi) is 6.01. The lowest BCUT2D eigenvalue weighted by Gasteiger charge is -2.36. The van der Waals surface area contributed by atoms with Gasteiger partial charge in [0.05, 0.1) is 5.69 Å². The number of fused-ring (bicyclic) bond motifs is 1. The molecule has 4 aromatic rings. The molecule has 0 aliphatic carbocycles. The molecule has 0 bridgehead atoms. The fraction of sp³-hybridized carbons (Fsp3) is 0.231. The zero-order valence-corrected chi connectivity index (χ0v) is 18.8. The third-order valence-electron chi connectivity index (χ3n) is 6.27. The normalized spacial score (nSPS) is 15.1. The fourth-order valence-electron chi connectivity index (χ4n) is 4.53. The van der Waals surface area contributed by atoms with E-state index in [2.05, 4.69) is 9.88 Å². The maximum atomic E-state index is 14.8. The van der Waals surface area contributed by atoms with Crippen molar-refractivity contribution in [1.82, 2.24) is 14.3 Å². The first-order valence-corrected chi connectivity index (χ1v) is 11.4. The molecule has 7 heteroatoms. The molecule has 3 heterocycles. The lowest BCUT2D eigenvalue weighted by Crippen LogP contribution is -2.49. The number of aromatic nitrogens is 2. The van der Waals surface area contributed by atoms with Crippen LogP contribution in [0.4, 0.5) is 10.1 Å². The number of hydrogen-bond donors (Lipinski definition) is 0. The maximum Gasteiger partial charge on any atom is 0.223 e. The molecule has 0 N–H and O–H groups in total. The van der Waals surface area contributed by atoms with Crippen molar-refractivity contribution in [1.29, 1.82) is 0 Å². The van der Waals surface area contributed by atoms with Gasteiger partial charge in [-0.15, -0.1) is 0 Å². The van der Waals surface area contributed by atoms with Crippen LogP contribution < -0.4 is 4.90 Å². The molecule has 0 saturated carbocycles. The highest BCUT2D eigenvalue weighted by atomic mass is 35.5. The molecule has 1 saturated heterocycles. The number of imidazole rings is 1. The van der Waals surface area contributed by atoms with Gasteiger partial charge in [-0.05, 0) is 42.0 Å². The number of rotatable bonds is 5. The van der Waals surface area contributed by atoms with Gasteiger partial charge in [0.2, 0.25) is 5.91 Å². The smallest absolute Gasteiger partial charge is 0.223 e. The summed E-state index contributed by atoms with van der Waals surface area (Å²) in [5.74, 6) is -0.728. The van der Waals surface area contributed by atoms with Gasteiger partial charge in [0, 0.05) is 61.6 Å². The molecule has 2 aromatic carbocycles. The summed E-state index contributed by atoms with van der Waals surface area (Å²) in [4.78, 5) is 21.9. The van der Waals surface area contributed by atoms with E-state index >= 15 is 0 Å². The number of pyridine rings is 1. The third-order valence-corrected chi connectivity index (χ3v) is 6.50. The van der Waals surface area contributed by atoms with Crippen LogP contribution in [0.2, 0.25) is 5.02 Å². The number of carbonyl (C=O) groups excluding carboxylic acids is 1. The minimum Gasteiger partial charge on any atom is -0.368 e. The summed E-state index contributed by atoms with van der Waals surface area (Å²) in [6.45, 7) is 2.68. The first-order chi connectivity index (χ1) is 16.1. The number of carbonyl (C=O) groups is 1. The summed E-state index contributed by atoms with van der Waals surface area (Å²) in [6, 6.07) is 20.2. The van der Waals surface area contributed by atoms with Crippen molar-refractivity contribution in [3.05, 3.63) is 101 Å². The van der Waals surface area contributed by atoms with Gasteiger partial charge in [-0.3, -0.25) is 4.79 Å². The number of piperazine rings is 1. The van der Waals surface area contributed by atoms with Crippen molar-refractivity contribution in [3.8, 4) is 0 Å². The van der Waals surface area contributed by atoms with Gasteiger partial charge in [0.15, 0.2) is 0 Å². The summed E-state index contributed by atoms with van der Waals surface area (Å²) in [7, 11) is 0. The van der Waals surface area contributed by atoms with E-state index in [0.29, 0.717) is 23.7 Å². The second-order valence-corrected chi connectivity index (χ2v) is 8.67. The molecule has 1 unspecified atom stereocenters. The van der Waals surface area contributed by atoms with E-state index in [1.165, 1.54) is 6.07 Å².